The molecule has 3 heteroatoms. The molecule has 21 heavy (non-hydrogen) atoms. The highest BCUT2D eigenvalue weighted by atomic mass is 16.2. The Kier molecular flexibility index (Phi) is 6.24. The first-order valence-electron chi connectivity index (χ1n) is 8.34. The molecule has 1 amide bonds. The average molecular weight is 288 g/mol. The fourth-order valence-corrected chi connectivity index (χ4v) is 2.96. The van der Waals surface area contributed by atoms with Crippen molar-refractivity contribution in [2.75, 3.05) is 19.6 Å². The molecule has 1 saturated heterocycles. The molecule has 0 aliphatic carbocycles. The summed E-state index contributed by atoms with van der Waals surface area (Å²) in [6, 6.07) is 9.18. The maximum Gasteiger partial charge on any atom is 0.223 e. The van der Waals surface area contributed by atoms with Gasteiger partial charge in [0.25, 0.3) is 0 Å². The summed E-state index contributed by atoms with van der Waals surface area (Å²) < 4.78 is 0. The number of nitrogens with zero attached hydrogens (tertiary/aromatic N) is 1. The zero-order chi connectivity index (χ0) is 15.1. The van der Waals surface area contributed by atoms with E-state index in [1.165, 1.54) is 24.0 Å². The van der Waals surface area contributed by atoms with Crippen LogP contribution in [0.25, 0.3) is 0 Å². The van der Waals surface area contributed by atoms with Gasteiger partial charge in [0.15, 0.2) is 0 Å². The Bertz CT molecular complexity index is 435. The Labute approximate surface area is 128 Å². The number of aryl methyl sites for hydroxylation is 1. The molecule has 116 valence electrons. The Morgan fingerprint density at radius 1 is 1.19 bits per heavy atom. The lowest BCUT2D eigenvalue weighted by atomic mass is 10.0. The van der Waals surface area contributed by atoms with E-state index in [0.29, 0.717) is 18.4 Å². The van der Waals surface area contributed by atoms with Gasteiger partial charge in [-0.05, 0) is 36.8 Å². The van der Waals surface area contributed by atoms with Crippen molar-refractivity contribution in [3.63, 3.8) is 0 Å². The summed E-state index contributed by atoms with van der Waals surface area (Å²) in [4.78, 5) is 14.0. The van der Waals surface area contributed by atoms with Crippen molar-refractivity contribution in [1.29, 1.82) is 0 Å². The Balaban J connectivity index is 1.80. The van der Waals surface area contributed by atoms with E-state index in [-0.39, 0.29) is 0 Å². The van der Waals surface area contributed by atoms with Crippen LogP contribution in [0.2, 0.25) is 0 Å². The third-order valence-electron chi connectivity index (χ3n) is 4.39. The molecule has 0 aromatic heterocycles. The highest BCUT2D eigenvalue weighted by Crippen LogP contribution is 2.17. The quantitative estimate of drug-likeness (QED) is 0.835. The SMILES string of the molecule is CCc1ccc(C(CC)NCCC(=O)N2CCCC2)cc1. The molecule has 0 radical (unpaired) electrons. The fraction of sp³-hybridized carbons (Fsp3) is 0.611. The number of carbonyl (C=O) groups excluding carboxylic acids is 1. The smallest absolute Gasteiger partial charge is 0.223 e. The molecule has 0 bridgehead atoms. The second kappa shape index (κ2) is 8.18. The van der Waals surface area contributed by atoms with Crippen molar-refractivity contribution < 1.29 is 4.79 Å². The van der Waals surface area contributed by atoms with Gasteiger partial charge in [-0.1, -0.05) is 38.1 Å². The summed E-state index contributed by atoms with van der Waals surface area (Å²) in [5.74, 6) is 0.302. The maximum atomic E-state index is 12.0. The standard InChI is InChI=1S/C18H28N2O/c1-3-15-7-9-16(10-8-15)17(4-2)19-12-11-18(21)20-13-5-6-14-20/h7-10,17,19H,3-6,11-14H2,1-2H3. The minimum Gasteiger partial charge on any atom is -0.343 e. The average Bonchev–Trinajstić information content (AvgIpc) is 3.06. The van der Waals surface area contributed by atoms with Gasteiger partial charge in [-0.25, -0.2) is 0 Å². The van der Waals surface area contributed by atoms with E-state index in [1.54, 1.807) is 0 Å². The van der Waals surface area contributed by atoms with Crippen LogP contribution >= 0.6 is 0 Å². The predicted octanol–water partition coefficient (Wildman–Crippen LogP) is 3.30. The molecule has 1 atom stereocenters. The summed E-state index contributed by atoms with van der Waals surface area (Å²) in [6.45, 7) is 7.04. The third kappa shape index (κ3) is 4.57. The largest absolute Gasteiger partial charge is 0.343 e. The number of hydrogen-bond donors (Lipinski definition) is 1. The fourth-order valence-electron chi connectivity index (χ4n) is 2.96. The number of nitrogens with one attached hydrogen (secondary N) is 1. The maximum absolute atomic E-state index is 12.0. The topological polar surface area (TPSA) is 32.3 Å². The monoisotopic (exact) mass is 288 g/mol. The lowest BCUT2D eigenvalue weighted by Gasteiger charge is -2.19. The van der Waals surface area contributed by atoms with E-state index in [2.05, 4.69) is 43.4 Å². The number of likely N-dealkylation sites (tertiary alicyclic amines) is 1. The predicted molar refractivity (Wildman–Crippen MR) is 87.3 cm³/mol. The van der Waals surface area contributed by atoms with Crippen molar-refractivity contribution in [3.8, 4) is 0 Å². The second-order valence-corrected chi connectivity index (χ2v) is 5.85. The van der Waals surface area contributed by atoms with Gasteiger partial charge >= 0.3 is 0 Å². The molecule has 1 fully saturated rings. The Morgan fingerprint density at radius 3 is 2.43 bits per heavy atom. The van der Waals surface area contributed by atoms with Gasteiger partial charge in [-0.15, -0.1) is 0 Å². The molecule has 0 spiro atoms. The zero-order valence-corrected chi connectivity index (χ0v) is 13.4. The normalized spacial score (nSPS) is 16.2. The van der Waals surface area contributed by atoms with Crippen molar-refractivity contribution in [1.82, 2.24) is 10.2 Å². The van der Waals surface area contributed by atoms with E-state index < -0.39 is 0 Å². The summed E-state index contributed by atoms with van der Waals surface area (Å²) in [5, 5.41) is 3.53. The Hall–Kier alpha value is -1.35. The minimum atomic E-state index is 0.302. The van der Waals surface area contributed by atoms with Crippen LogP contribution in [0.15, 0.2) is 24.3 Å². The summed E-state index contributed by atoms with van der Waals surface area (Å²) in [5.41, 5.74) is 2.70. The van der Waals surface area contributed by atoms with Crippen molar-refractivity contribution in [3.05, 3.63) is 35.4 Å². The molecule has 1 N–H and O–H groups in total. The van der Waals surface area contributed by atoms with Crippen LogP contribution in [0.5, 0.6) is 0 Å². The minimum absolute atomic E-state index is 0.302. The highest BCUT2D eigenvalue weighted by molar-refractivity contribution is 5.76. The molecule has 1 aliphatic rings. The summed E-state index contributed by atoms with van der Waals surface area (Å²) in [6.07, 6.45) is 5.07. The highest BCUT2D eigenvalue weighted by Gasteiger charge is 2.17. The van der Waals surface area contributed by atoms with Crippen LogP contribution in [0.3, 0.4) is 0 Å². The van der Waals surface area contributed by atoms with Gasteiger partial charge in [0.2, 0.25) is 5.91 Å². The summed E-state index contributed by atoms with van der Waals surface area (Å²) >= 11 is 0. The number of benzene rings is 1. The first-order valence-corrected chi connectivity index (χ1v) is 8.34. The molecule has 1 heterocycles. The van der Waals surface area contributed by atoms with E-state index in [1.807, 2.05) is 4.90 Å². The zero-order valence-electron chi connectivity index (χ0n) is 13.4. The number of hydrogen-bond acceptors (Lipinski definition) is 2. The van der Waals surface area contributed by atoms with Gasteiger partial charge in [0, 0.05) is 32.1 Å². The van der Waals surface area contributed by atoms with Crippen molar-refractivity contribution in [2.45, 2.75) is 52.0 Å². The molecule has 3 nitrogen and oxygen atoms in total. The van der Waals surface area contributed by atoms with Crippen molar-refractivity contribution in [2.24, 2.45) is 0 Å². The van der Waals surface area contributed by atoms with Crippen LogP contribution in [0.1, 0.15) is 56.7 Å². The van der Waals surface area contributed by atoms with Gasteiger partial charge in [0.05, 0.1) is 0 Å². The molecular formula is C18H28N2O. The van der Waals surface area contributed by atoms with Gasteiger partial charge in [-0.2, -0.15) is 0 Å². The third-order valence-corrected chi connectivity index (χ3v) is 4.39. The van der Waals surface area contributed by atoms with Crippen LogP contribution in [-0.2, 0) is 11.2 Å². The van der Waals surface area contributed by atoms with Crippen LogP contribution in [0.4, 0.5) is 0 Å². The number of amides is 1. The molecular weight excluding hydrogens is 260 g/mol. The first-order chi connectivity index (χ1) is 10.2. The van der Waals surface area contributed by atoms with E-state index in [4.69, 9.17) is 0 Å². The molecule has 1 unspecified atom stereocenters. The van der Waals surface area contributed by atoms with Gasteiger partial charge < -0.3 is 10.2 Å². The van der Waals surface area contributed by atoms with Crippen LogP contribution in [-0.4, -0.2) is 30.4 Å². The first kappa shape index (κ1) is 16.0. The second-order valence-electron chi connectivity index (χ2n) is 5.85. The Morgan fingerprint density at radius 2 is 1.86 bits per heavy atom. The molecule has 0 saturated carbocycles. The number of rotatable bonds is 7. The molecule has 1 aromatic rings. The van der Waals surface area contributed by atoms with E-state index >= 15 is 0 Å². The van der Waals surface area contributed by atoms with E-state index in [0.717, 1.165) is 32.5 Å². The van der Waals surface area contributed by atoms with E-state index in [9.17, 15) is 4.79 Å². The lowest BCUT2D eigenvalue weighted by Crippen LogP contribution is -2.31. The van der Waals surface area contributed by atoms with Crippen molar-refractivity contribution >= 4 is 5.91 Å². The van der Waals surface area contributed by atoms with Gasteiger partial charge in [-0.3, -0.25) is 4.79 Å². The number of carbonyl (C=O) groups is 1. The summed E-state index contributed by atoms with van der Waals surface area (Å²) in [7, 11) is 0. The molecule has 2 rings (SSSR count). The van der Waals surface area contributed by atoms with Gasteiger partial charge in [0.1, 0.15) is 0 Å². The van der Waals surface area contributed by atoms with Crippen LogP contribution in [0, 0.1) is 0 Å². The molecule has 1 aromatic carbocycles. The molecule has 1 aliphatic heterocycles. The van der Waals surface area contributed by atoms with Crippen LogP contribution < -0.4 is 5.32 Å². The lowest BCUT2D eigenvalue weighted by molar-refractivity contribution is -0.130.